The molecule has 0 saturated carbocycles. The Hall–Kier alpha value is -3.02. The maximum Gasteiger partial charge on any atom is 0.265 e. The first-order valence-electron chi connectivity index (χ1n) is 10.5. The highest BCUT2D eigenvalue weighted by Crippen LogP contribution is 2.31. The summed E-state index contributed by atoms with van der Waals surface area (Å²) in [5.74, 6) is 0.252. The summed E-state index contributed by atoms with van der Waals surface area (Å²) >= 11 is 0. The van der Waals surface area contributed by atoms with E-state index in [0.29, 0.717) is 24.5 Å². The highest BCUT2D eigenvalue weighted by molar-refractivity contribution is 7.92. The number of hydrogen-bond acceptors (Lipinski definition) is 8. The normalized spacial score (nSPS) is 14.0. The molecule has 0 aliphatic carbocycles. The second-order valence-corrected chi connectivity index (χ2v) is 8.99. The maximum absolute atomic E-state index is 13.1. The number of anilines is 2. The fourth-order valence-electron chi connectivity index (χ4n) is 3.53. The highest BCUT2D eigenvalue weighted by atomic mass is 32.2. The van der Waals surface area contributed by atoms with E-state index in [0.717, 1.165) is 31.9 Å². The van der Waals surface area contributed by atoms with Crippen molar-refractivity contribution in [3.63, 3.8) is 0 Å². The van der Waals surface area contributed by atoms with Crippen LogP contribution in [-0.2, 0) is 14.8 Å². The number of amides is 1. The molecular weight excluding hydrogens is 448 g/mol. The molecule has 2 aromatic rings. The molecule has 33 heavy (non-hydrogen) atoms. The number of benzene rings is 2. The lowest BCUT2D eigenvalue weighted by atomic mass is 10.1. The zero-order valence-corrected chi connectivity index (χ0v) is 19.8. The predicted molar refractivity (Wildman–Crippen MR) is 126 cm³/mol. The Morgan fingerprint density at radius 3 is 2.48 bits per heavy atom. The molecule has 0 atom stereocenters. The van der Waals surface area contributed by atoms with E-state index >= 15 is 0 Å². The quantitative estimate of drug-likeness (QED) is 0.437. The molecule has 1 aliphatic rings. The number of nitrogens with one attached hydrogen (secondary N) is 3. The maximum atomic E-state index is 13.1. The van der Waals surface area contributed by atoms with Crippen LogP contribution in [0.5, 0.6) is 11.5 Å². The van der Waals surface area contributed by atoms with E-state index in [1.807, 2.05) is 0 Å². The molecule has 0 spiro atoms. The third kappa shape index (κ3) is 6.06. The van der Waals surface area contributed by atoms with Gasteiger partial charge in [0.1, 0.15) is 16.4 Å². The van der Waals surface area contributed by atoms with Gasteiger partial charge in [-0.3, -0.25) is 9.52 Å². The first-order chi connectivity index (χ1) is 15.9. The molecule has 1 saturated heterocycles. The summed E-state index contributed by atoms with van der Waals surface area (Å²) in [6.07, 6.45) is 0. The van der Waals surface area contributed by atoms with Crippen LogP contribution < -0.4 is 29.7 Å². The van der Waals surface area contributed by atoms with Crippen molar-refractivity contribution >= 4 is 27.3 Å². The van der Waals surface area contributed by atoms with Gasteiger partial charge >= 0.3 is 0 Å². The predicted octanol–water partition coefficient (Wildman–Crippen LogP) is 1.29. The Balaban J connectivity index is 1.94. The van der Waals surface area contributed by atoms with Gasteiger partial charge in [0.25, 0.3) is 15.9 Å². The Morgan fingerprint density at radius 1 is 1.06 bits per heavy atom. The van der Waals surface area contributed by atoms with Crippen molar-refractivity contribution in [1.82, 2.24) is 10.6 Å². The molecule has 1 fully saturated rings. The molecule has 11 heteroatoms. The summed E-state index contributed by atoms with van der Waals surface area (Å²) < 4.78 is 44.2. The number of methoxy groups -OCH3 is 3. The van der Waals surface area contributed by atoms with Gasteiger partial charge in [-0.05, 0) is 30.3 Å². The van der Waals surface area contributed by atoms with Crippen LogP contribution in [-0.4, -0.2) is 75.0 Å². The average Bonchev–Trinajstić information content (AvgIpc) is 2.84. The van der Waals surface area contributed by atoms with E-state index in [-0.39, 0.29) is 22.2 Å². The molecule has 1 aliphatic heterocycles. The minimum Gasteiger partial charge on any atom is -0.497 e. The Bertz CT molecular complexity index is 1070. The van der Waals surface area contributed by atoms with Gasteiger partial charge in [-0.15, -0.1) is 0 Å². The van der Waals surface area contributed by atoms with Crippen LogP contribution in [0.3, 0.4) is 0 Å². The third-order valence-electron chi connectivity index (χ3n) is 5.20. The third-order valence-corrected chi connectivity index (χ3v) is 6.61. The summed E-state index contributed by atoms with van der Waals surface area (Å²) in [6.45, 7) is 3.79. The van der Waals surface area contributed by atoms with E-state index in [1.54, 1.807) is 31.4 Å². The van der Waals surface area contributed by atoms with Gasteiger partial charge in [-0.2, -0.15) is 0 Å². The number of carbonyl (C=O) groups is 1. The van der Waals surface area contributed by atoms with Crippen molar-refractivity contribution < 1.29 is 27.4 Å². The van der Waals surface area contributed by atoms with Gasteiger partial charge in [0.15, 0.2) is 0 Å². The number of hydrogen-bond donors (Lipinski definition) is 3. The molecule has 180 valence electrons. The molecule has 3 rings (SSSR count). The van der Waals surface area contributed by atoms with Crippen LogP contribution in [0.4, 0.5) is 11.4 Å². The lowest BCUT2D eigenvalue weighted by Gasteiger charge is -2.31. The molecule has 1 heterocycles. The van der Waals surface area contributed by atoms with Crippen LogP contribution in [0.2, 0.25) is 0 Å². The summed E-state index contributed by atoms with van der Waals surface area (Å²) in [7, 11) is 0.384. The summed E-state index contributed by atoms with van der Waals surface area (Å²) in [6, 6.07) is 9.47. The minimum absolute atomic E-state index is 0.0679. The van der Waals surface area contributed by atoms with Gasteiger partial charge in [0.2, 0.25) is 0 Å². The monoisotopic (exact) mass is 478 g/mol. The van der Waals surface area contributed by atoms with E-state index in [1.165, 1.54) is 26.4 Å². The van der Waals surface area contributed by atoms with Crippen molar-refractivity contribution in [2.45, 2.75) is 4.90 Å². The number of piperazine rings is 1. The molecule has 10 nitrogen and oxygen atoms in total. The lowest BCUT2D eigenvalue weighted by Crippen LogP contribution is -2.44. The zero-order chi connectivity index (χ0) is 23.8. The van der Waals surface area contributed by atoms with Crippen LogP contribution >= 0.6 is 0 Å². The number of ether oxygens (including phenoxy) is 3. The highest BCUT2D eigenvalue weighted by Gasteiger charge is 2.23. The molecule has 1 amide bonds. The SMILES string of the molecule is COCCNC(=O)c1cc(NS(=O)(=O)c2cc(OC)ccc2OC)ccc1N1CCNCC1. The van der Waals surface area contributed by atoms with Gasteiger partial charge in [0.05, 0.1) is 26.4 Å². The Morgan fingerprint density at radius 2 is 1.82 bits per heavy atom. The van der Waals surface area contributed by atoms with Crippen molar-refractivity contribution in [3.05, 3.63) is 42.0 Å². The van der Waals surface area contributed by atoms with E-state index in [2.05, 4.69) is 20.3 Å². The first kappa shape index (κ1) is 24.6. The van der Waals surface area contributed by atoms with Crippen LogP contribution in [0.1, 0.15) is 10.4 Å². The summed E-state index contributed by atoms with van der Waals surface area (Å²) in [4.78, 5) is 15.0. The molecule has 0 bridgehead atoms. The summed E-state index contributed by atoms with van der Waals surface area (Å²) in [5.41, 5.74) is 1.38. The van der Waals surface area contributed by atoms with E-state index < -0.39 is 10.0 Å². The number of nitrogens with zero attached hydrogens (tertiary/aromatic N) is 1. The smallest absolute Gasteiger partial charge is 0.265 e. The van der Waals surface area contributed by atoms with Gasteiger partial charge in [-0.25, -0.2) is 8.42 Å². The van der Waals surface area contributed by atoms with Crippen LogP contribution in [0, 0.1) is 0 Å². The van der Waals surface area contributed by atoms with Gasteiger partial charge in [0, 0.05) is 57.3 Å². The fraction of sp³-hybridized carbons (Fsp3) is 0.409. The first-order valence-corrected chi connectivity index (χ1v) is 12.0. The molecule has 0 aromatic heterocycles. The number of carbonyl (C=O) groups excluding carboxylic acids is 1. The van der Waals surface area contributed by atoms with Crippen molar-refractivity contribution in [2.75, 3.05) is 70.3 Å². The van der Waals surface area contributed by atoms with Gasteiger partial charge in [-0.1, -0.05) is 0 Å². The van der Waals surface area contributed by atoms with Crippen molar-refractivity contribution in [2.24, 2.45) is 0 Å². The topological polar surface area (TPSA) is 118 Å². The second kappa shape index (κ2) is 11.2. The zero-order valence-electron chi connectivity index (χ0n) is 19.0. The van der Waals surface area contributed by atoms with Crippen LogP contribution in [0.25, 0.3) is 0 Å². The van der Waals surface area contributed by atoms with E-state index in [4.69, 9.17) is 14.2 Å². The van der Waals surface area contributed by atoms with Crippen molar-refractivity contribution in [3.8, 4) is 11.5 Å². The summed E-state index contributed by atoms with van der Waals surface area (Å²) in [5, 5.41) is 6.10. The largest absolute Gasteiger partial charge is 0.497 e. The number of rotatable bonds is 10. The lowest BCUT2D eigenvalue weighted by molar-refractivity contribution is 0.0937. The molecule has 3 N–H and O–H groups in total. The van der Waals surface area contributed by atoms with Crippen LogP contribution in [0.15, 0.2) is 41.3 Å². The molecular formula is C22H30N4O6S. The molecule has 0 radical (unpaired) electrons. The molecule has 2 aromatic carbocycles. The number of sulfonamides is 1. The Labute approximate surface area is 194 Å². The second-order valence-electron chi connectivity index (χ2n) is 7.34. The standard InChI is InChI=1S/C22H30N4O6S/c1-30-13-10-24-22(27)18-14-16(4-6-19(18)26-11-8-23-9-12-26)25-33(28,29)21-15-17(31-2)5-7-20(21)32-3/h4-7,14-15,23,25H,8-13H2,1-3H3,(H,24,27). The van der Waals surface area contributed by atoms with E-state index in [9.17, 15) is 13.2 Å². The minimum atomic E-state index is -4.02. The fourth-order valence-corrected chi connectivity index (χ4v) is 4.76. The van der Waals surface area contributed by atoms with Crippen molar-refractivity contribution in [1.29, 1.82) is 0 Å². The molecule has 0 unspecified atom stereocenters. The van der Waals surface area contributed by atoms with Gasteiger partial charge < -0.3 is 29.7 Å². The Kier molecular flexibility index (Phi) is 8.37. The average molecular weight is 479 g/mol.